The third kappa shape index (κ3) is 4.84. The van der Waals surface area contributed by atoms with Crippen molar-refractivity contribution in [1.82, 2.24) is 15.1 Å². The maximum absolute atomic E-state index is 12.1. The minimum Gasteiger partial charge on any atom is -0.299 e. The standard InChI is InChI=1S/C17H22N4OS/c1-13-4-6-14(7-5-13)9-15-3-2-8-21(10-15)11-16(22)19-17-20-18-12-23-17/h4-7,12,15H,2-3,8-11H2,1H3,(H,19,20,22)/t15-/m0/s1. The highest BCUT2D eigenvalue weighted by atomic mass is 32.1. The number of rotatable bonds is 5. The molecule has 2 heterocycles. The molecule has 0 unspecified atom stereocenters. The highest BCUT2D eigenvalue weighted by Crippen LogP contribution is 2.21. The number of aryl methyl sites for hydroxylation is 1. The van der Waals surface area contributed by atoms with Crippen molar-refractivity contribution in [2.75, 3.05) is 25.0 Å². The molecule has 1 aliphatic heterocycles. The minimum absolute atomic E-state index is 0.00210. The summed E-state index contributed by atoms with van der Waals surface area (Å²) in [6.45, 7) is 4.53. The van der Waals surface area contributed by atoms with Crippen molar-refractivity contribution in [3.05, 3.63) is 40.9 Å². The van der Waals surface area contributed by atoms with Gasteiger partial charge in [-0.3, -0.25) is 15.0 Å². The number of anilines is 1. The topological polar surface area (TPSA) is 58.1 Å². The van der Waals surface area contributed by atoms with Crippen molar-refractivity contribution >= 4 is 22.4 Å². The second kappa shape index (κ2) is 7.66. The zero-order valence-electron chi connectivity index (χ0n) is 13.4. The van der Waals surface area contributed by atoms with E-state index in [1.807, 2.05) is 0 Å². The lowest BCUT2D eigenvalue weighted by molar-refractivity contribution is -0.117. The largest absolute Gasteiger partial charge is 0.299 e. The Morgan fingerprint density at radius 3 is 2.96 bits per heavy atom. The van der Waals surface area contributed by atoms with Gasteiger partial charge in [0.05, 0.1) is 6.54 Å². The first kappa shape index (κ1) is 16.1. The van der Waals surface area contributed by atoms with Crippen molar-refractivity contribution in [3.63, 3.8) is 0 Å². The summed E-state index contributed by atoms with van der Waals surface area (Å²) in [6, 6.07) is 8.78. The van der Waals surface area contributed by atoms with E-state index >= 15 is 0 Å². The van der Waals surface area contributed by atoms with Crippen LogP contribution in [0.15, 0.2) is 29.8 Å². The highest BCUT2D eigenvalue weighted by Gasteiger charge is 2.22. The monoisotopic (exact) mass is 330 g/mol. The molecule has 0 bridgehead atoms. The number of aromatic nitrogens is 2. The summed E-state index contributed by atoms with van der Waals surface area (Å²) in [4.78, 5) is 14.3. The Balaban J connectivity index is 1.49. The number of carbonyl (C=O) groups is 1. The molecule has 0 radical (unpaired) electrons. The van der Waals surface area contributed by atoms with E-state index in [-0.39, 0.29) is 5.91 Å². The van der Waals surface area contributed by atoms with Crippen LogP contribution in [0, 0.1) is 12.8 Å². The Labute approximate surface area is 140 Å². The summed E-state index contributed by atoms with van der Waals surface area (Å²) >= 11 is 1.34. The molecule has 6 heteroatoms. The van der Waals surface area contributed by atoms with Crippen LogP contribution in [0.1, 0.15) is 24.0 Å². The zero-order valence-corrected chi connectivity index (χ0v) is 14.2. The SMILES string of the molecule is Cc1ccc(C[C@@H]2CCCN(CC(=O)Nc3nncs3)C2)cc1. The first-order valence-corrected chi connectivity index (χ1v) is 8.91. The third-order valence-electron chi connectivity index (χ3n) is 4.22. The van der Waals surface area contributed by atoms with Gasteiger partial charge in [-0.15, -0.1) is 10.2 Å². The molecular formula is C17H22N4OS. The molecule has 1 saturated heterocycles. The van der Waals surface area contributed by atoms with Crippen molar-refractivity contribution < 1.29 is 4.79 Å². The van der Waals surface area contributed by atoms with E-state index in [0.717, 1.165) is 25.9 Å². The van der Waals surface area contributed by atoms with Gasteiger partial charge in [0, 0.05) is 6.54 Å². The van der Waals surface area contributed by atoms with Crippen LogP contribution in [0.2, 0.25) is 0 Å². The molecule has 23 heavy (non-hydrogen) atoms. The molecule has 1 amide bonds. The summed E-state index contributed by atoms with van der Waals surface area (Å²) < 4.78 is 0. The van der Waals surface area contributed by atoms with Gasteiger partial charge in [-0.1, -0.05) is 41.2 Å². The van der Waals surface area contributed by atoms with E-state index in [0.29, 0.717) is 17.6 Å². The molecule has 1 aromatic carbocycles. The van der Waals surface area contributed by atoms with Crippen molar-refractivity contribution in [2.24, 2.45) is 5.92 Å². The number of nitrogens with one attached hydrogen (secondary N) is 1. The molecule has 2 aromatic rings. The zero-order chi connectivity index (χ0) is 16.1. The molecule has 1 aliphatic rings. The van der Waals surface area contributed by atoms with Gasteiger partial charge in [0.15, 0.2) is 0 Å². The Kier molecular flexibility index (Phi) is 5.35. The van der Waals surface area contributed by atoms with E-state index < -0.39 is 0 Å². The Hall–Kier alpha value is -1.79. The molecule has 1 fully saturated rings. The van der Waals surface area contributed by atoms with Crippen LogP contribution in [0.4, 0.5) is 5.13 Å². The molecule has 1 N–H and O–H groups in total. The summed E-state index contributed by atoms with van der Waals surface area (Å²) in [7, 11) is 0. The number of benzene rings is 1. The maximum atomic E-state index is 12.1. The van der Waals surface area contributed by atoms with Crippen LogP contribution < -0.4 is 5.32 Å². The van der Waals surface area contributed by atoms with Crippen LogP contribution in [-0.4, -0.2) is 40.6 Å². The fourth-order valence-corrected chi connectivity index (χ4v) is 3.57. The van der Waals surface area contributed by atoms with Crippen molar-refractivity contribution in [3.8, 4) is 0 Å². The summed E-state index contributed by atoms with van der Waals surface area (Å²) in [5, 5.41) is 10.9. The lowest BCUT2D eigenvalue weighted by atomic mass is 9.91. The third-order valence-corrected chi connectivity index (χ3v) is 4.83. The molecule has 0 spiro atoms. The number of hydrogen-bond donors (Lipinski definition) is 1. The molecule has 0 aliphatic carbocycles. The maximum Gasteiger partial charge on any atom is 0.240 e. The van der Waals surface area contributed by atoms with Crippen LogP contribution >= 0.6 is 11.3 Å². The van der Waals surface area contributed by atoms with Gasteiger partial charge in [-0.2, -0.15) is 0 Å². The van der Waals surface area contributed by atoms with Crippen LogP contribution in [0.3, 0.4) is 0 Å². The fourth-order valence-electron chi connectivity index (χ4n) is 3.11. The molecule has 0 saturated carbocycles. The predicted octanol–water partition coefficient (Wildman–Crippen LogP) is 2.74. The first-order valence-electron chi connectivity index (χ1n) is 8.03. The molecule has 1 atom stereocenters. The molecule has 5 nitrogen and oxygen atoms in total. The molecule has 3 rings (SSSR count). The number of hydrogen-bond acceptors (Lipinski definition) is 5. The van der Waals surface area contributed by atoms with E-state index in [2.05, 4.69) is 51.6 Å². The highest BCUT2D eigenvalue weighted by molar-refractivity contribution is 7.13. The Morgan fingerprint density at radius 2 is 2.22 bits per heavy atom. The quantitative estimate of drug-likeness (QED) is 0.916. The van der Waals surface area contributed by atoms with Crippen LogP contribution in [0.5, 0.6) is 0 Å². The molecule has 122 valence electrons. The number of likely N-dealkylation sites (tertiary alicyclic amines) is 1. The lowest BCUT2D eigenvalue weighted by Gasteiger charge is -2.32. The second-order valence-corrected chi connectivity index (χ2v) is 7.06. The first-order chi connectivity index (χ1) is 11.2. The van der Waals surface area contributed by atoms with Gasteiger partial charge in [-0.25, -0.2) is 0 Å². The van der Waals surface area contributed by atoms with E-state index in [4.69, 9.17) is 0 Å². The van der Waals surface area contributed by atoms with Gasteiger partial charge in [0.1, 0.15) is 5.51 Å². The predicted molar refractivity (Wildman–Crippen MR) is 92.6 cm³/mol. The minimum atomic E-state index is -0.00210. The van der Waals surface area contributed by atoms with Gasteiger partial charge in [0.2, 0.25) is 11.0 Å². The summed E-state index contributed by atoms with van der Waals surface area (Å²) in [5.41, 5.74) is 4.31. The Bertz CT molecular complexity index is 627. The number of carbonyl (C=O) groups excluding carboxylic acids is 1. The van der Waals surface area contributed by atoms with E-state index in [1.54, 1.807) is 5.51 Å². The van der Waals surface area contributed by atoms with Crippen molar-refractivity contribution in [2.45, 2.75) is 26.2 Å². The van der Waals surface area contributed by atoms with E-state index in [1.165, 1.54) is 28.9 Å². The molecule has 1 aromatic heterocycles. The molecular weight excluding hydrogens is 308 g/mol. The van der Waals surface area contributed by atoms with Gasteiger partial charge in [0.25, 0.3) is 0 Å². The number of piperidine rings is 1. The van der Waals surface area contributed by atoms with Gasteiger partial charge in [-0.05, 0) is 44.2 Å². The van der Waals surface area contributed by atoms with Gasteiger partial charge < -0.3 is 0 Å². The normalized spacial score (nSPS) is 18.7. The fraction of sp³-hybridized carbons (Fsp3) is 0.471. The van der Waals surface area contributed by atoms with E-state index in [9.17, 15) is 4.79 Å². The average Bonchev–Trinajstić information content (AvgIpc) is 3.03. The average molecular weight is 330 g/mol. The van der Waals surface area contributed by atoms with Crippen LogP contribution in [-0.2, 0) is 11.2 Å². The second-order valence-electron chi connectivity index (χ2n) is 6.23. The van der Waals surface area contributed by atoms with Crippen LogP contribution in [0.25, 0.3) is 0 Å². The summed E-state index contributed by atoms with van der Waals surface area (Å²) in [5.74, 6) is 0.624. The summed E-state index contributed by atoms with van der Waals surface area (Å²) in [6.07, 6.45) is 3.49. The van der Waals surface area contributed by atoms with Crippen molar-refractivity contribution in [1.29, 1.82) is 0 Å². The number of nitrogens with zero attached hydrogens (tertiary/aromatic N) is 3. The number of amides is 1. The lowest BCUT2D eigenvalue weighted by Crippen LogP contribution is -2.41. The van der Waals surface area contributed by atoms with Gasteiger partial charge >= 0.3 is 0 Å². The Morgan fingerprint density at radius 1 is 1.39 bits per heavy atom. The smallest absolute Gasteiger partial charge is 0.240 e.